The molecule has 0 amide bonds. The number of thiophene rings is 1. The van der Waals surface area contributed by atoms with Crippen LogP contribution in [0.25, 0.3) is 0 Å². The van der Waals surface area contributed by atoms with E-state index >= 15 is 0 Å². The number of aliphatic hydroxyl groups excluding tert-OH is 1. The summed E-state index contributed by atoms with van der Waals surface area (Å²) in [6, 6.07) is 1.38. The molecular weight excluding hydrogens is 194 g/mol. The van der Waals surface area contributed by atoms with Crippen LogP contribution in [0.3, 0.4) is 0 Å². The second-order valence-corrected chi connectivity index (χ2v) is 3.28. The number of halogens is 3. The minimum absolute atomic E-state index is 0.00838. The van der Waals surface area contributed by atoms with Crippen LogP contribution in [0, 0.1) is 0 Å². The smallest absolute Gasteiger partial charge is 0.306 e. The first kappa shape index (κ1) is 8.90. The average Bonchev–Trinajstić information content (AvgIpc) is 2.36. The molecule has 1 nitrogen and oxygen atoms in total. The van der Waals surface area contributed by atoms with Crippen LogP contribution in [-0.4, -0.2) is 11.7 Å². The summed E-state index contributed by atoms with van der Waals surface area (Å²) in [5.74, 6) is -3.20. The molecule has 0 aliphatic carbocycles. The van der Waals surface area contributed by atoms with E-state index in [9.17, 15) is 8.78 Å². The lowest BCUT2D eigenvalue weighted by molar-refractivity contribution is -0.0523. The van der Waals surface area contributed by atoms with E-state index in [1.165, 1.54) is 11.4 Å². The average molecular weight is 199 g/mol. The molecule has 0 spiro atoms. The Labute approximate surface area is 71.2 Å². The van der Waals surface area contributed by atoms with Crippen LogP contribution in [-0.2, 0) is 5.92 Å². The van der Waals surface area contributed by atoms with Gasteiger partial charge in [-0.2, -0.15) is 8.78 Å². The Kier molecular flexibility index (Phi) is 2.47. The molecule has 0 bridgehead atoms. The summed E-state index contributed by atoms with van der Waals surface area (Å²) in [7, 11) is 0. The van der Waals surface area contributed by atoms with Gasteiger partial charge >= 0.3 is 5.92 Å². The summed E-state index contributed by atoms with van der Waals surface area (Å²) in [5, 5.41) is 9.76. The van der Waals surface area contributed by atoms with Gasteiger partial charge in [-0.15, -0.1) is 11.3 Å². The summed E-state index contributed by atoms with van der Waals surface area (Å²) in [4.78, 5) is -0.276. The van der Waals surface area contributed by atoms with E-state index < -0.39 is 12.5 Å². The number of aliphatic hydroxyl groups is 1. The van der Waals surface area contributed by atoms with Crippen LogP contribution in [0.5, 0.6) is 0 Å². The van der Waals surface area contributed by atoms with Crippen LogP contribution in [0.2, 0.25) is 5.02 Å². The number of hydrogen-bond acceptors (Lipinski definition) is 2. The lowest BCUT2D eigenvalue weighted by Crippen LogP contribution is -2.16. The van der Waals surface area contributed by atoms with E-state index in [1.807, 2.05) is 0 Å². The van der Waals surface area contributed by atoms with Gasteiger partial charge in [0.15, 0.2) is 0 Å². The van der Waals surface area contributed by atoms with Gasteiger partial charge in [0.2, 0.25) is 0 Å². The van der Waals surface area contributed by atoms with Gasteiger partial charge < -0.3 is 5.11 Å². The van der Waals surface area contributed by atoms with E-state index in [2.05, 4.69) is 0 Å². The largest absolute Gasteiger partial charge is 0.390 e. The minimum atomic E-state index is -3.20. The van der Waals surface area contributed by atoms with Crippen molar-refractivity contribution in [2.75, 3.05) is 6.61 Å². The highest BCUT2D eigenvalue weighted by Gasteiger charge is 2.34. The number of alkyl halides is 2. The van der Waals surface area contributed by atoms with Crippen LogP contribution < -0.4 is 0 Å². The van der Waals surface area contributed by atoms with Gasteiger partial charge in [-0.3, -0.25) is 0 Å². The molecule has 5 heteroatoms. The standard InChI is InChI=1S/C6H5ClF2OS/c7-4-1-2-11-5(4)6(8,9)3-10/h1-2,10H,3H2. The molecule has 0 saturated carbocycles. The quantitative estimate of drug-likeness (QED) is 0.774. The van der Waals surface area contributed by atoms with Gasteiger partial charge in [0.1, 0.15) is 6.61 Å². The normalized spacial score (nSPS) is 12.0. The third-order valence-corrected chi connectivity index (χ3v) is 2.60. The molecule has 0 aliphatic heterocycles. The Morgan fingerprint density at radius 3 is 2.64 bits per heavy atom. The molecule has 1 heterocycles. The van der Waals surface area contributed by atoms with Crippen LogP contribution in [0.4, 0.5) is 8.78 Å². The van der Waals surface area contributed by atoms with Crippen molar-refractivity contribution in [1.82, 2.24) is 0 Å². The molecule has 62 valence electrons. The van der Waals surface area contributed by atoms with Gasteiger partial charge in [-0.05, 0) is 11.4 Å². The van der Waals surface area contributed by atoms with Crippen molar-refractivity contribution in [3.05, 3.63) is 21.3 Å². The van der Waals surface area contributed by atoms with Crippen LogP contribution in [0.1, 0.15) is 4.88 Å². The first-order valence-corrected chi connectivity index (χ1v) is 4.06. The predicted molar refractivity (Wildman–Crippen MR) is 40.3 cm³/mol. The van der Waals surface area contributed by atoms with Crippen molar-refractivity contribution in [3.63, 3.8) is 0 Å². The molecule has 1 aromatic heterocycles. The molecular formula is C6H5ClF2OS. The second-order valence-electron chi connectivity index (χ2n) is 1.96. The van der Waals surface area contributed by atoms with Gasteiger partial charge in [0.05, 0.1) is 9.90 Å². The Hall–Kier alpha value is -0.190. The lowest BCUT2D eigenvalue weighted by Gasteiger charge is -2.10. The van der Waals surface area contributed by atoms with Gasteiger partial charge in [0, 0.05) is 0 Å². The zero-order valence-corrected chi connectivity index (χ0v) is 6.92. The SMILES string of the molecule is OCC(F)(F)c1sccc1Cl. The second kappa shape index (κ2) is 3.05. The van der Waals surface area contributed by atoms with Crippen LogP contribution >= 0.6 is 22.9 Å². The van der Waals surface area contributed by atoms with Gasteiger partial charge in [-0.1, -0.05) is 11.6 Å². The highest BCUT2D eigenvalue weighted by atomic mass is 35.5. The van der Waals surface area contributed by atoms with E-state index in [1.54, 1.807) is 0 Å². The highest BCUT2D eigenvalue weighted by Crippen LogP contribution is 2.36. The fourth-order valence-electron chi connectivity index (χ4n) is 0.627. The lowest BCUT2D eigenvalue weighted by atomic mass is 10.3. The van der Waals surface area contributed by atoms with Crippen molar-refractivity contribution >= 4 is 22.9 Å². The maximum atomic E-state index is 12.7. The third kappa shape index (κ3) is 1.69. The molecule has 0 atom stereocenters. The molecule has 0 unspecified atom stereocenters. The first-order valence-electron chi connectivity index (χ1n) is 2.80. The third-order valence-electron chi connectivity index (χ3n) is 1.15. The van der Waals surface area contributed by atoms with Gasteiger partial charge in [0.25, 0.3) is 0 Å². The maximum Gasteiger partial charge on any atom is 0.306 e. The van der Waals surface area contributed by atoms with Crippen molar-refractivity contribution in [3.8, 4) is 0 Å². The monoisotopic (exact) mass is 198 g/mol. The fraction of sp³-hybridized carbons (Fsp3) is 0.333. The molecule has 1 N–H and O–H groups in total. The van der Waals surface area contributed by atoms with Gasteiger partial charge in [-0.25, -0.2) is 0 Å². The molecule has 0 fully saturated rings. The number of rotatable bonds is 2. The molecule has 0 radical (unpaired) electrons. The zero-order valence-electron chi connectivity index (χ0n) is 5.35. The van der Waals surface area contributed by atoms with Crippen molar-refractivity contribution in [1.29, 1.82) is 0 Å². The zero-order chi connectivity index (χ0) is 8.48. The van der Waals surface area contributed by atoms with Crippen molar-refractivity contribution in [2.45, 2.75) is 5.92 Å². The Balaban J connectivity index is 3.00. The summed E-state index contributed by atoms with van der Waals surface area (Å²) in [6.45, 7) is -1.20. The topological polar surface area (TPSA) is 20.2 Å². The molecule has 0 saturated heterocycles. The van der Waals surface area contributed by atoms with E-state index in [0.29, 0.717) is 0 Å². The first-order chi connectivity index (χ1) is 5.08. The predicted octanol–water partition coefficient (Wildman–Crippen LogP) is 2.49. The molecule has 1 aromatic rings. The highest BCUT2D eigenvalue weighted by molar-refractivity contribution is 7.10. The van der Waals surface area contributed by atoms with E-state index in [4.69, 9.17) is 16.7 Å². The molecule has 1 rings (SSSR count). The van der Waals surface area contributed by atoms with Crippen molar-refractivity contribution < 1.29 is 13.9 Å². The molecule has 11 heavy (non-hydrogen) atoms. The summed E-state index contributed by atoms with van der Waals surface area (Å²) in [5.41, 5.74) is 0. The summed E-state index contributed by atoms with van der Waals surface area (Å²) >= 11 is 6.26. The van der Waals surface area contributed by atoms with E-state index in [0.717, 1.165) is 11.3 Å². The molecule has 0 aliphatic rings. The number of hydrogen-bond donors (Lipinski definition) is 1. The fourth-order valence-corrected chi connectivity index (χ4v) is 1.79. The Morgan fingerprint density at radius 1 is 1.64 bits per heavy atom. The Morgan fingerprint density at radius 2 is 2.27 bits per heavy atom. The summed E-state index contributed by atoms with van der Waals surface area (Å²) < 4.78 is 25.3. The van der Waals surface area contributed by atoms with E-state index in [-0.39, 0.29) is 9.90 Å². The minimum Gasteiger partial charge on any atom is -0.390 e. The van der Waals surface area contributed by atoms with Crippen molar-refractivity contribution in [2.24, 2.45) is 0 Å². The maximum absolute atomic E-state index is 12.7. The van der Waals surface area contributed by atoms with Crippen LogP contribution in [0.15, 0.2) is 11.4 Å². The Bertz CT molecular complexity index is 248. The molecule has 0 aromatic carbocycles. The summed E-state index contributed by atoms with van der Waals surface area (Å²) in [6.07, 6.45) is 0.